The van der Waals surface area contributed by atoms with Gasteiger partial charge in [0.15, 0.2) is 0 Å². The van der Waals surface area contributed by atoms with Gasteiger partial charge in [-0.2, -0.15) is 0 Å². The highest BCUT2D eigenvalue weighted by Crippen LogP contribution is 2.34. The summed E-state index contributed by atoms with van der Waals surface area (Å²) < 4.78 is 16.2. The lowest BCUT2D eigenvalue weighted by Gasteiger charge is -2.27. The van der Waals surface area contributed by atoms with Gasteiger partial charge in [0.05, 0.1) is 12.5 Å². The number of methoxy groups -OCH3 is 1. The Morgan fingerprint density at radius 1 is 0.897 bits per heavy atom. The van der Waals surface area contributed by atoms with Crippen LogP contribution in [0.15, 0.2) is 42.5 Å². The molecule has 5 nitrogen and oxygen atoms in total. The molecule has 2 N–H and O–H groups in total. The largest absolute Gasteiger partial charge is 0.491 e. The number of ether oxygens (including phenoxy) is 3. The van der Waals surface area contributed by atoms with Crippen LogP contribution in [0, 0.1) is 6.92 Å². The average Bonchev–Trinajstić information content (AvgIpc) is 2.71. The summed E-state index contributed by atoms with van der Waals surface area (Å²) in [6, 6.07) is 14.0. The van der Waals surface area contributed by atoms with Crippen LogP contribution in [0.2, 0.25) is 0 Å². The van der Waals surface area contributed by atoms with E-state index in [4.69, 9.17) is 25.8 Å². The Balaban J connectivity index is 2.08. The summed E-state index contributed by atoms with van der Waals surface area (Å²) in [5.74, 6) is 1.60. The Hall–Kier alpha value is -1.79. The van der Waals surface area contributed by atoms with E-state index < -0.39 is 12.2 Å². The van der Waals surface area contributed by atoms with Crippen LogP contribution in [0.4, 0.5) is 0 Å². The van der Waals surface area contributed by atoms with Gasteiger partial charge in [-0.1, -0.05) is 38.1 Å². The van der Waals surface area contributed by atoms with E-state index in [0.717, 1.165) is 22.4 Å². The van der Waals surface area contributed by atoms with Gasteiger partial charge in [-0.15, -0.1) is 11.6 Å². The van der Waals surface area contributed by atoms with Crippen molar-refractivity contribution in [1.29, 1.82) is 0 Å². The topological polar surface area (TPSA) is 68.2 Å². The van der Waals surface area contributed by atoms with E-state index in [1.165, 1.54) is 0 Å². The van der Waals surface area contributed by atoms with Gasteiger partial charge in [0.2, 0.25) is 0 Å². The van der Waals surface area contributed by atoms with Gasteiger partial charge >= 0.3 is 0 Å². The Kier molecular flexibility index (Phi) is 8.78. The molecule has 0 aliphatic heterocycles. The van der Waals surface area contributed by atoms with Crippen molar-refractivity contribution in [2.24, 2.45) is 0 Å². The first-order valence-electron chi connectivity index (χ1n) is 9.66. The third-order valence-electron chi connectivity index (χ3n) is 4.88. The van der Waals surface area contributed by atoms with Gasteiger partial charge in [0.1, 0.15) is 36.9 Å². The number of halogens is 1. The van der Waals surface area contributed by atoms with Gasteiger partial charge < -0.3 is 24.4 Å². The quantitative estimate of drug-likeness (QED) is 0.540. The number of aliphatic hydroxyl groups is 2. The standard InChI is InChI=1S/C23H31ClO5/c1-16-11-18(7-10-22(16)29-14-19(25)12-24)23(2,3)17-5-8-21(9-6-17)28-15-20(26)13-27-4/h5-11,19-20,25-26H,12-15H2,1-4H3. The number of aryl methyl sites for hydroxylation is 1. The molecule has 0 saturated carbocycles. The lowest BCUT2D eigenvalue weighted by Crippen LogP contribution is -2.23. The molecule has 2 aromatic carbocycles. The molecular weight excluding hydrogens is 392 g/mol. The van der Waals surface area contributed by atoms with Crippen LogP contribution in [0.3, 0.4) is 0 Å². The first-order chi connectivity index (χ1) is 13.8. The molecule has 2 aromatic rings. The Bertz CT molecular complexity index is 760. The highest BCUT2D eigenvalue weighted by Gasteiger charge is 2.24. The highest BCUT2D eigenvalue weighted by molar-refractivity contribution is 6.18. The van der Waals surface area contributed by atoms with Crippen molar-refractivity contribution in [1.82, 2.24) is 0 Å². The van der Waals surface area contributed by atoms with Crippen LogP contribution in [0.1, 0.15) is 30.5 Å². The molecule has 0 spiro atoms. The van der Waals surface area contributed by atoms with Crippen molar-refractivity contribution >= 4 is 11.6 Å². The zero-order chi connectivity index (χ0) is 21.4. The maximum atomic E-state index is 9.69. The second-order valence-electron chi connectivity index (χ2n) is 7.67. The third-order valence-corrected chi connectivity index (χ3v) is 5.24. The summed E-state index contributed by atoms with van der Waals surface area (Å²) in [6.07, 6.45) is -1.33. The summed E-state index contributed by atoms with van der Waals surface area (Å²) in [7, 11) is 1.55. The van der Waals surface area contributed by atoms with Gasteiger partial charge in [-0.3, -0.25) is 0 Å². The first-order valence-corrected chi connectivity index (χ1v) is 10.2. The third kappa shape index (κ3) is 6.61. The number of hydrogen-bond donors (Lipinski definition) is 2. The molecule has 0 radical (unpaired) electrons. The van der Waals surface area contributed by atoms with Gasteiger partial charge in [-0.05, 0) is 41.8 Å². The molecule has 2 unspecified atom stereocenters. The molecule has 0 saturated heterocycles. The smallest absolute Gasteiger partial charge is 0.122 e. The number of alkyl halides is 1. The van der Waals surface area contributed by atoms with Crippen molar-refractivity contribution in [2.75, 3.05) is 32.8 Å². The second-order valence-corrected chi connectivity index (χ2v) is 7.98. The van der Waals surface area contributed by atoms with E-state index in [0.29, 0.717) is 5.75 Å². The molecule has 2 rings (SSSR count). The van der Waals surface area contributed by atoms with Gasteiger partial charge in [0, 0.05) is 12.5 Å². The Morgan fingerprint density at radius 2 is 1.52 bits per heavy atom. The molecule has 0 aliphatic rings. The van der Waals surface area contributed by atoms with Crippen molar-refractivity contribution < 1.29 is 24.4 Å². The summed E-state index contributed by atoms with van der Waals surface area (Å²) >= 11 is 5.61. The molecule has 160 valence electrons. The molecule has 0 bridgehead atoms. The molecule has 0 amide bonds. The molecule has 0 heterocycles. The molecule has 0 aliphatic carbocycles. The summed E-state index contributed by atoms with van der Waals surface area (Å²) in [6.45, 7) is 6.93. The monoisotopic (exact) mass is 422 g/mol. The van der Waals surface area contributed by atoms with Crippen molar-refractivity contribution in [3.05, 3.63) is 59.2 Å². The fraction of sp³-hybridized carbons (Fsp3) is 0.478. The van der Waals surface area contributed by atoms with Crippen LogP contribution in [-0.2, 0) is 10.2 Å². The van der Waals surface area contributed by atoms with Crippen LogP contribution in [-0.4, -0.2) is 55.2 Å². The zero-order valence-corrected chi connectivity index (χ0v) is 18.3. The zero-order valence-electron chi connectivity index (χ0n) is 17.5. The van der Waals surface area contributed by atoms with Gasteiger partial charge in [0.25, 0.3) is 0 Å². The summed E-state index contributed by atoms with van der Waals surface area (Å²) in [5, 5.41) is 19.3. The van der Waals surface area contributed by atoms with Crippen LogP contribution < -0.4 is 9.47 Å². The first kappa shape index (κ1) is 23.5. The minimum absolute atomic E-state index is 0.148. The van der Waals surface area contributed by atoms with Crippen LogP contribution in [0.5, 0.6) is 11.5 Å². The van der Waals surface area contributed by atoms with E-state index >= 15 is 0 Å². The van der Waals surface area contributed by atoms with Crippen LogP contribution in [0.25, 0.3) is 0 Å². The second kappa shape index (κ2) is 10.8. The maximum Gasteiger partial charge on any atom is 0.122 e. The Morgan fingerprint density at radius 3 is 2.10 bits per heavy atom. The van der Waals surface area contributed by atoms with Crippen LogP contribution >= 0.6 is 11.6 Å². The van der Waals surface area contributed by atoms with Gasteiger partial charge in [-0.25, -0.2) is 0 Å². The Labute approximate surface area is 178 Å². The minimum Gasteiger partial charge on any atom is -0.491 e. The van der Waals surface area contributed by atoms with Crippen molar-refractivity contribution in [3.63, 3.8) is 0 Å². The van der Waals surface area contributed by atoms with E-state index in [2.05, 4.69) is 19.9 Å². The van der Waals surface area contributed by atoms with Crippen molar-refractivity contribution in [2.45, 2.75) is 38.4 Å². The highest BCUT2D eigenvalue weighted by atomic mass is 35.5. The normalized spacial score (nSPS) is 13.8. The molecule has 29 heavy (non-hydrogen) atoms. The van der Waals surface area contributed by atoms with E-state index in [1.807, 2.05) is 43.3 Å². The summed E-state index contributed by atoms with van der Waals surface area (Å²) in [5.41, 5.74) is 3.09. The predicted octanol–water partition coefficient (Wildman–Crippen LogP) is 3.69. The average molecular weight is 423 g/mol. The number of aliphatic hydroxyl groups excluding tert-OH is 2. The van der Waals surface area contributed by atoms with Crippen molar-refractivity contribution in [3.8, 4) is 11.5 Å². The maximum absolute atomic E-state index is 9.69. The number of rotatable bonds is 11. The summed E-state index contributed by atoms with van der Waals surface area (Å²) in [4.78, 5) is 0. The fourth-order valence-electron chi connectivity index (χ4n) is 3.00. The molecule has 6 heteroatoms. The number of hydrogen-bond acceptors (Lipinski definition) is 5. The molecule has 0 aromatic heterocycles. The van der Waals surface area contributed by atoms with E-state index in [1.54, 1.807) is 7.11 Å². The fourth-order valence-corrected chi connectivity index (χ4v) is 3.09. The molecule has 0 fully saturated rings. The van der Waals surface area contributed by atoms with E-state index in [-0.39, 0.29) is 31.1 Å². The number of benzene rings is 2. The lowest BCUT2D eigenvalue weighted by molar-refractivity contribution is 0.0325. The molecule has 2 atom stereocenters. The lowest BCUT2D eigenvalue weighted by atomic mass is 9.77. The molecular formula is C23H31ClO5. The minimum atomic E-state index is -0.677. The predicted molar refractivity (Wildman–Crippen MR) is 115 cm³/mol. The SMILES string of the molecule is COCC(O)COc1ccc(C(C)(C)c2ccc(OCC(O)CCl)c(C)c2)cc1. The van der Waals surface area contributed by atoms with E-state index in [9.17, 15) is 10.2 Å².